The van der Waals surface area contributed by atoms with Gasteiger partial charge in [-0.1, -0.05) is 19.9 Å². The lowest BCUT2D eigenvalue weighted by molar-refractivity contribution is 0.247. The minimum Gasteiger partial charge on any atom is -0.492 e. The molecule has 2 amide bonds. The number of hydrogen-bond acceptors (Lipinski definition) is 3. The maximum atomic E-state index is 11.9. The largest absolute Gasteiger partial charge is 0.492 e. The third-order valence-corrected chi connectivity index (χ3v) is 3.29. The average Bonchev–Trinajstić information content (AvgIpc) is 2.47. The quantitative estimate of drug-likeness (QED) is 0.775. The Hall–Kier alpha value is -1.75. The molecular formula is C16H27N3O2. The van der Waals surface area contributed by atoms with E-state index in [0.717, 1.165) is 25.2 Å². The summed E-state index contributed by atoms with van der Waals surface area (Å²) in [7, 11) is 0. The van der Waals surface area contributed by atoms with Crippen molar-refractivity contribution in [2.45, 2.75) is 27.7 Å². The molecule has 0 heterocycles. The highest BCUT2D eigenvalue weighted by Crippen LogP contribution is 2.25. The predicted octanol–water partition coefficient (Wildman–Crippen LogP) is 2.86. The van der Waals surface area contributed by atoms with Crippen molar-refractivity contribution in [1.82, 2.24) is 10.2 Å². The lowest BCUT2D eigenvalue weighted by Gasteiger charge is -2.18. The van der Waals surface area contributed by atoms with Crippen LogP contribution >= 0.6 is 0 Å². The van der Waals surface area contributed by atoms with Gasteiger partial charge in [-0.25, -0.2) is 4.79 Å². The maximum Gasteiger partial charge on any atom is 0.319 e. The van der Waals surface area contributed by atoms with Gasteiger partial charge in [-0.05, 0) is 44.6 Å². The fourth-order valence-electron chi connectivity index (χ4n) is 2.04. The molecule has 0 bridgehead atoms. The zero-order valence-corrected chi connectivity index (χ0v) is 13.5. The molecule has 0 aliphatic carbocycles. The predicted molar refractivity (Wildman–Crippen MR) is 87.2 cm³/mol. The van der Waals surface area contributed by atoms with Crippen molar-refractivity contribution in [2.75, 3.05) is 38.1 Å². The van der Waals surface area contributed by atoms with Gasteiger partial charge in [0.25, 0.3) is 0 Å². The van der Waals surface area contributed by atoms with E-state index in [4.69, 9.17) is 4.74 Å². The fraction of sp³-hybridized carbons (Fsp3) is 0.562. The van der Waals surface area contributed by atoms with Gasteiger partial charge in [0.1, 0.15) is 5.75 Å². The van der Waals surface area contributed by atoms with Crippen LogP contribution in [0.2, 0.25) is 0 Å². The minimum absolute atomic E-state index is 0.202. The number of carbonyl (C=O) groups is 1. The van der Waals surface area contributed by atoms with E-state index in [1.54, 1.807) is 0 Å². The second-order valence-electron chi connectivity index (χ2n) is 4.84. The van der Waals surface area contributed by atoms with Gasteiger partial charge in [0.15, 0.2) is 0 Å². The average molecular weight is 293 g/mol. The summed E-state index contributed by atoms with van der Waals surface area (Å²) in [5, 5.41) is 5.71. The molecule has 118 valence electrons. The Kier molecular flexibility index (Phi) is 7.61. The third-order valence-electron chi connectivity index (χ3n) is 3.29. The van der Waals surface area contributed by atoms with E-state index < -0.39 is 0 Å². The number of hydrogen-bond donors (Lipinski definition) is 2. The summed E-state index contributed by atoms with van der Waals surface area (Å²) < 4.78 is 5.55. The molecule has 0 saturated heterocycles. The highest BCUT2D eigenvalue weighted by molar-refractivity contribution is 5.90. The SMILES string of the molecule is CCOc1cc(C)ccc1NC(=O)NCCN(CC)CC. The van der Waals surface area contributed by atoms with Crippen molar-refractivity contribution >= 4 is 11.7 Å². The lowest BCUT2D eigenvalue weighted by atomic mass is 10.2. The first-order valence-corrected chi connectivity index (χ1v) is 7.61. The summed E-state index contributed by atoms with van der Waals surface area (Å²) in [6, 6.07) is 5.54. The number of aryl methyl sites for hydroxylation is 1. The van der Waals surface area contributed by atoms with E-state index in [0.29, 0.717) is 24.6 Å². The van der Waals surface area contributed by atoms with Crippen LogP contribution in [0.5, 0.6) is 5.75 Å². The first kappa shape index (κ1) is 17.3. The lowest BCUT2D eigenvalue weighted by Crippen LogP contribution is -2.36. The molecule has 0 aromatic heterocycles. The summed E-state index contributed by atoms with van der Waals surface area (Å²) in [6.45, 7) is 12.2. The van der Waals surface area contributed by atoms with Gasteiger partial charge >= 0.3 is 6.03 Å². The molecule has 21 heavy (non-hydrogen) atoms. The number of nitrogens with zero attached hydrogens (tertiary/aromatic N) is 1. The van der Waals surface area contributed by atoms with E-state index in [1.807, 2.05) is 32.0 Å². The van der Waals surface area contributed by atoms with E-state index in [2.05, 4.69) is 29.4 Å². The van der Waals surface area contributed by atoms with Crippen molar-refractivity contribution in [1.29, 1.82) is 0 Å². The number of anilines is 1. The van der Waals surface area contributed by atoms with Crippen molar-refractivity contribution in [3.8, 4) is 5.75 Å². The van der Waals surface area contributed by atoms with Crippen molar-refractivity contribution in [3.05, 3.63) is 23.8 Å². The number of nitrogens with one attached hydrogen (secondary N) is 2. The van der Waals surface area contributed by atoms with E-state index in [1.165, 1.54) is 0 Å². The van der Waals surface area contributed by atoms with Crippen LogP contribution in [0.25, 0.3) is 0 Å². The number of carbonyl (C=O) groups excluding carboxylic acids is 1. The molecule has 2 N–H and O–H groups in total. The Balaban J connectivity index is 2.51. The molecule has 0 aliphatic rings. The zero-order chi connectivity index (χ0) is 15.7. The Morgan fingerprint density at radius 2 is 1.95 bits per heavy atom. The van der Waals surface area contributed by atoms with E-state index >= 15 is 0 Å². The normalized spacial score (nSPS) is 10.5. The number of rotatable bonds is 8. The molecule has 0 aliphatic heterocycles. The summed E-state index contributed by atoms with van der Waals surface area (Å²) in [6.07, 6.45) is 0. The summed E-state index contributed by atoms with van der Waals surface area (Å²) >= 11 is 0. The molecule has 1 aromatic carbocycles. The number of benzene rings is 1. The molecule has 0 atom stereocenters. The highest BCUT2D eigenvalue weighted by atomic mass is 16.5. The Morgan fingerprint density at radius 1 is 1.24 bits per heavy atom. The van der Waals surface area contributed by atoms with Gasteiger partial charge < -0.3 is 20.3 Å². The first-order chi connectivity index (χ1) is 10.1. The smallest absolute Gasteiger partial charge is 0.319 e. The van der Waals surface area contributed by atoms with Crippen molar-refractivity contribution in [3.63, 3.8) is 0 Å². The molecule has 5 heteroatoms. The van der Waals surface area contributed by atoms with Crippen LogP contribution in [-0.2, 0) is 0 Å². The maximum absolute atomic E-state index is 11.9. The molecular weight excluding hydrogens is 266 g/mol. The number of likely N-dealkylation sites (N-methyl/N-ethyl adjacent to an activating group) is 1. The van der Waals surface area contributed by atoms with Gasteiger partial charge in [-0.3, -0.25) is 0 Å². The monoisotopic (exact) mass is 293 g/mol. The summed E-state index contributed by atoms with van der Waals surface area (Å²) in [4.78, 5) is 14.2. The Bertz CT molecular complexity index is 445. The first-order valence-electron chi connectivity index (χ1n) is 7.61. The van der Waals surface area contributed by atoms with Gasteiger partial charge in [0.05, 0.1) is 12.3 Å². The third kappa shape index (κ3) is 6.04. The number of urea groups is 1. The van der Waals surface area contributed by atoms with Gasteiger partial charge in [0.2, 0.25) is 0 Å². The highest BCUT2D eigenvalue weighted by Gasteiger charge is 2.08. The standard InChI is InChI=1S/C16H27N3O2/c1-5-19(6-2)11-10-17-16(20)18-14-9-8-13(4)12-15(14)21-7-3/h8-9,12H,5-7,10-11H2,1-4H3,(H2,17,18,20). The fourth-order valence-corrected chi connectivity index (χ4v) is 2.04. The van der Waals surface area contributed by atoms with Crippen LogP contribution in [0.3, 0.4) is 0 Å². The van der Waals surface area contributed by atoms with Crippen molar-refractivity contribution < 1.29 is 9.53 Å². The molecule has 1 aromatic rings. The second kappa shape index (κ2) is 9.23. The van der Waals surface area contributed by atoms with E-state index in [9.17, 15) is 4.79 Å². The van der Waals surface area contributed by atoms with Gasteiger partial charge in [-0.2, -0.15) is 0 Å². The topological polar surface area (TPSA) is 53.6 Å². The van der Waals surface area contributed by atoms with Crippen LogP contribution in [0, 0.1) is 6.92 Å². The second-order valence-corrected chi connectivity index (χ2v) is 4.84. The van der Waals surface area contributed by atoms with E-state index in [-0.39, 0.29) is 6.03 Å². The van der Waals surface area contributed by atoms with Crippen LogP contribution in [0.15, 0.2) is 18.2 Å². The van der Waals surface area contributed by atoms with Crippen LogP contribution < -0.4 is 15.4 Å². The molecule has 0 radical (unpaired) electrons. The number of ether oxygens (including phenoxy) is 1. The minimum atomic E-state index is -0.202. The molecule has 1 rings (SSSR count). The Morgan fingerprint density at radius 3 is 2.57 bits per heavy atom. The van der Waals surface area contributed by atoms with Crippen molar-refractivity contribution in [2.24, 2.45) is 0 Å². The number of amides is 2. The molecule has 0 saturated carbocycles. The van der Waals surface area contributed by atoms with Gasteiger partial charge in [-0.15, -0.1) is 0 Å². The Labute approximate surface area is 127 Å². The van der Waals surface area contributed by atoms with Crippen LogP contribution in [0.1, 0.15) is 26.3 Å². The molecule has 5 nitrogen and oxygen atoms in total. The molecule has 0 unspecified atom stereocenters. The summed E-state index contributed by atoms with van der Waals surface area (Å²) in [5.74, 6) is 0.705. The molecule has 0 spiro atoms. The van der Waals surface area contributed by atoms with Crippen LogP contribution in [0.4, 0.5) is 10.5 Å². The molecule has 0 fully saturated rings. The summed E-state index contributed by atoms with van der Waals surface area (Å²) in [5.41, 5.74) is 1.80. The van der Waals surface area contributed by atoms with Crippen LogP contribution in [-0.4, -0.2) is 43.7 Å². The zero-order valence-electron chi connectivity index (χ0n) is 13.5. The van der Waals surface area contributed by atoms with Gasteiger partial charge in [0, 0.05) is 13.1 Å².